The number of anilines is 1. The Bertz CT molecular complexity index is 1210. The Morgan fingerprint density at radius 2 is 1.85 bits per heavy atom. The van der Waals surface area contributed by atoms with Crippen LogP contribution in [0.1, 0.15) is 23.6 Å². The number of amides is 2. The number of carbonyl (C=O) groups is 2. The van der Waals surface area contributed by atoms with Gasteiger partial charge in [0.15, 0.2) is 6.10 Å². The maximum absolute atomic E-state index is 13.6. The Kier molecular flexibility index (Phi) is 6.77. The molecule has 8 heteroatoms. The van der Waals surface area contributed by atoms with Gasteiger partial charge in [-0.25, -0.2) is 8.78 Å². The summed E-state index contributed by atoms with van der Waals surface area (Å²) in [4.78, 5) is 26.9. The molecule has 0 radical (unpaired) electrons. The first-order valence-electron chi connectivity index (χ1n) is 10.8. The minimum absolute atomic E-state index is 0.0209. The van der Waals surface area contributed by atoms with E-state index in [4.69, 9.17) is 9.47 Å². The van der Waals surface area contributed by atoms with Crippen LogP contribution in [0.25, 0.3) is 0 Å². The largest absolute Gasteiger partial charge is 0.497 e. The monoisotopic (exact) mass is 466 g/mol. The van der Waals surface area contributed by atoms with Crippen LogP contribution in [0.4, 0.5) is 14.5 Å². The zero-order valence-electron chi connectivity index (χ0n) is 18.8. The quantitative estimate of drug-likeness (QED) is 0.582. The number of halogens is 2. The third kappa shape index (κ3) is 5.51. The summed E-state index contributed by atoms with van der Waals surface area (Å²) < 4.78 is 38.3. The predicted molar refractivity (Wildman–Crippen MR) is 122 cm³/mol. The molecule has 0 saturated heterocycles. The van der Waals surface area contributed by atoms with E-state index in [-0.39, 0.29) is 31.3 Å². The number of ether oxygens (including phenoxy) is 2. The summed E-state index contributed by atoms with van der Waals surface area (Å²) in [5, 5.41) is 2.86. The number of hydrogen-bond donors (Lipinski definition) is 1. The fraction of sp³-hybridized carbons (Fsp3) is 0.231. The van der Waals surface area contributed by atoms with Crippen molar-refractivity contribution < 1.29 is 27.8 Å². The number of nitrogens with one attached hydrogen (secondary N) is 1. The molecule has 1 aliphatic rings. The topological polar surface area (TPSA) is 67.9 Å². The molecule has 34 heavy (non-hydrogen) atoms. The van der Waals surface area contributed by atoms with Crippen LogP contribution in [0.2, 0.25) is 0 Å². The molecule has 0 spiro atoms. The zero-order chi connectivity index (χ0) is 24.2. The number of carbonyl (C=O) groups excluding carboxylic acids is 2. The highest BCUT2D eigenvalue weighted by molar-refractivity contribution is 5.92. The van der Waals surface area contributed by atoms with Gasteiger partial charge in [0.25, 0.3) is 5.91 Å². The average molecular weight is 466 g/mol. The van der Waals surface area contributed by atoms with Gasteiger partial charge in [0, 0.05) is 30.4 Å². The Balaban J connectivity index is 1.51. The van der Waals surface area contributed by atoms with Crippen LogP contribution in [0.3, 0.4) is 0 Å². The molecule has 1 heterocycles. The summed E-state index contributed by atoms with van der Waals surface area (Å²) in [5.74, 6) is -0.737. The lowest BCUT2D eigenvalue weighted by Gasteiger charge is -2.22. The summed E-state index contributed by atoms with van der Waals surface area (Å²) >= 11 is 0. The van der Waals surface area contributed by atoms with Crippen LogP contribution in [0.5, 0.6) is 11.5 Å². The van der Waals surface area contributed by atoms with E-state index in [1.807, 2.05) is 12.1 Å². The summed E-state index contributed by atoms with van der Waals surface area (Å²) in [6.07, 6.45) is -0.606. The van der Waals surface area contributed by atoms with E-state index in [0.29, 0.717) is 28.3 Å². The normalized spacial score (nSPS) is 15.2. The molecule has 3 aromatic carbocycles. The van der Waals surface area contributed by atoms with E-state index >= 15 is 0 Å². The van der Waals surface area contributed by atoms with E-state index in [9.17, 15) is 18.4 Å². The fourth-order valence-electron chi connectivity index (χ4n) is 3.91. The highest BCUT2D eigenvalue weighted by Crippen LogP contribution is 2.29. The van der Waals surface area contributed by atoms with E-state index in [0.717, 1.165) is 11.6 Å². The molecule has 0 saturated carbocycles. The van der Waals surface area contributed by atoms with Gasteiger partial charge >= 0.3 is 0 Å². The van der Waals surface area contributed by atoms with Gasteiger partial charge in [-0.2, -0.15) is 0 Å². The zero-order valence-corrected chi connectivity index (χ0v) is 18.8. The summed E-state index contributed by atoms with van der Waals surface area (Å²) in [5.41, 5.74) is 2.37. The molecular weight excluding hydrogens is 442 g/mol. The first-order chi connectivity index (χ1) is 16.3. The van der Waals surface area contributed by atoms with Crippen molar-refractivity contribution in [1.29, 1.82) is 0 Å². The lowest BCUT2D eigenvalue weighted by atomic mass is 10.1. The van der Waals surface area contributed by atoms with Gasteiger partial charge in [-0.15, -0.1) is 0 Å². The number of fused-ring (bicyclic) bond motifs is 1. The first-order valence-corrected chi connectivity index (χ1v) is 10.8. The SMILES string of the molecule is COc1cccc(CC(=O)Nc2ccc3c(c2)CN(Cc2cc(F)cc(F)c2)C(=O)[C@@H](C)O3)c1. The molecule has 176 valence electrons. The molecule has 0 aliphatic carbocycles. The number of nitrogens with zero attached hydrogens (tertiary/aromatic N) is 1. The van der Waals surface area contributed by atoms with Crippen molar-refractivity contribution in [3.63, 3.8) is 0 Å². The van der Waals surface area contributed by atoms with Crippen LogP contribution in [0.15, 0.2) is 60.7 Å². The molecule has 6 nitrogen and oxygen atoms in total. The van der Waals surface area contributed by atoms with Crippen molar-refractivity contribution in [1.82, 2.24) is 4.90 Å². The molecule has 0 bridgehead atoms. The second-order valence-corrected chi connectivity index (χ2v) is 8.13. The fourth-order valence-corrected chi connectivity index (χ4v) is 3.91. The second kappa shape index (κ2) is 9.91. The van der Waals surface area contributed by atoms with Crippen LogP contribution in [0, 0.1) is 11.6 Å². The van der Waals surface area contributed by atoms with Gasteiger partial charge in [0.1, 0.15) is 23.1 Å². The van der Waals surface area contributed by atoms with Crippen LogP contribution in [-0.4, -0.2) is 29.9 Å². The smallest absolute Gasteiger partial charge is 0.263 e. The van der Waals surface area contributed by atoms with E-state index in [2.05, 4.69) is 5.32 Å². The Morgan fingerprint density at radius 1 is 1.09 bits per heavy atom. The minimum Gasteiger partial charge on any atom is -0.497 e. The maximum atomic E-state index is 13.6. The molecule has 0 unspecified atom stereocenters. The van der Waals surface area contributed by atoms with Gasteiger partial charge in [0.2, 0.25) is 5.91 Å². The third-order valence-electron chi connectivity index (χ3n) is 5.46. The summed E-state index contributed by atoms with van der Waals surface area (Å²) in [7, 11) is 1.57. The van der Waals surface area contributed by atoms with Crippen molar-refractivity contribution in [3.05, 3.63) is 89.0 Å². The molecule has 3 aromatic rings. The van der Waals surface area contributed by atoms with Crippen LogP contribution >= 0.6 is 0 Å². The molecule has 2 amide bonds. The predicted octanol–water partition coefficient (Wildman–Crippen LogP) is 4.46. The van der Waals surface area contributed by atoms with Gasteiger partial charge in [-0.05, 0) is 60.5 Å². The minimum atomic E-state index is -0.770. The highest BCUT2D eigenvalue weighted by atomic mass is 19.1. The van der Waals surface area contributed by atoms with E-state index in [1.54, 1.807) is 44.4 Å². The van der Waals surface area contributed by atoms with Crippen molar-refractivity contribution in [2.24, 2.45) is 0 Å². The molecular formula is C26H24F2N2O4. The van der Waals surface area contributed by atoms with E-state index < -0.39 is 17.7 Å². The second-order valence-electron chi connectivity index (χ2n) is 8.13. The molecule has 1 atom stereocenters. The molecule has 0 aromatic heterocycles. The highest BCUT2D eigenvalue weighted by Gasteiger charge is 2.28. The van der Waals surface area contributed by atoms with Crippen molar-refractivity contribution in [3.8, 4) is 11.5 Å². The first kappa shape index (κ1) is 23.2. The molecule has 1 N–H and O–H groups in total. The molecule has 4 rings (SSSR count). The number of methoxy groups -OCH3 is 1. The standard InChI is InChI=1S/C26H24F2N2O4/c1-16-26(32)30(14-18-8-20(27)13-21(28)9-18)15-19-12-22(6-7-24(19)34-16)29-25(31)11-17-4-3-5-23(10-17)33-2/h3-10,12-13,16H,11,14-15H2,1-2H3,(H,29,31)/t16-/m1/s1. The van der Waals surface area contributed by atoms with Gasteiger partial charge in [0.05, 0.1) is 13.5 Å². The van der Waals surface area contributed by atoms with Gasteiger partial charge < -0.3 is 19.7 Å². The number of rotatable bonds is 6. The summed E-state index contributed by atoms with van der Waals surface area (Å²) in [6, 6.07) is 15.6. The summed E-state index contributed by atoms with van der Waals surface area (Å²) in [6.45, 7) is 1.81. The number of benzene rings is 3. The Hall–Kier alpha value is -3.94. The van der Waals surface area contributed by atoms with Crippen molar-refractivity contribution in [2.45, 2.75) is 32.5 Å². The van der Waals surface area contributed by atoms with Crippen molar-refractivity contribution >= 4 is 17.5 Å². The van der Waals surface area contributed by atoms with Gasteiger partial charge in [-0.3, -0.25) is 9.59 Å². The Morgan fingerprint density at radius 3 is 2.59 bits per heavy atom. The van der Waals surface area contributed by atoms with Crippen LogP contribution in [-0.2, 0) is 29.1 Å². The average Bonchev–Trinajstić information content (AvgIpc) is 2.89. The lowest BCUT2D eigenvalue weighted by molar-refractivity contribution is -0.138. The Labute approximate surface area is 196 Å². The lowest BCUT2D eigenvalue weighted by Crippen LogP contribution is -2.37. The van der Waals surface area contributed by atoms with Crippen LogP contribution < -0.4 is 14.8 Å². The maximum Gasteiger partial charge on any atom is 0.263 e. The molecule has 0 fully saturated rings. The third-order valence-corrected chi connectivity index (χ3v) is 5.46. The van der Waals surface area contributed by atoms with Crippen molar-refractivity contribution in [2.75, 3.05) is 12.4 Å². The van der Waals surface area contributed by atoms with Gasteiger partial charge in [-0.1, -0.05) is 12.1 Å². The van der Waals surface area contributed by atoms with E-state index in [1.165, 1.54) is 17.0 Å². The number of hydrogen-bond acceptors (Lipinski definition) is 4. The molecule has 1 aliphatic heterocycles.